The number of thiazole rings is 1. The highest BCUT2D eigenvalue weighted by atomic mass is 35.5. The molecule has 9 heteroatoms. The Morgan fingerprint density at radius 2 is 2.00 bits per heavy atom. The summed E-state index contributed by atoms with van der Waals surface area (Å²) >= 11 is 9.18. The Morgan fingerprint density at radius 3 is 2.69 bits per heavy atom. The molecule has 0 radical (unpaired) electrons. The number of halogens is 1. The number of methoxy groups -OCH3 is 1. The molecule has 26 heavy (non-hydrogen) atoms. The summed E-state index contributed by atoms with van der Waals surface area (Å²) in [6.07, 6.45) is 0. The Morgan fingerprint density at radius 1 is 1.23 bits per heavy atom. The number of aromatic nitrogens is 1. The minimum atomic E-state index is -3.84. The second kappa shape index (κ2) is 7.64. The fourth-order valence-electron chi connectivity index (χ4n) is 2.29. The van der Waals surface area contributed by atoms with Crippen molar-refractivity contribution in [2.24, 2.45) is 0 Å². The summed E-state index contributed by atoms with van der Waals surface area (Å²) in [6, 6.07) is 9.76. The van der Waals surface area contributed by atoms with E-state index < -0.39 is 10.0 Å². The topological polar surface area (TPSA) is 68.3 Å². The second-order valence-electron chi connectivity index (χ2n) is 5.73. The molecule has 5 nitrogen and oxygen atoms in total. The molecule has 0 aliphatic rings. The van der Waals surface area contributed by atoms with Gasteiger partial charge in [0.15, 0.2) is 4.34 Å². The zero-order valence-corrected chi connectivity index (χ0v) is 17.5. The highest BCUT2D eigenvalue weighted by Gasteiger charge is 2.20. The summed E-state index contributed by atoms with van der Waals surface area (Å²) in [5.74, 6) is 0.233. The van der Waals surface area contributed by atoms with Gasteiger partial charge in [0.05, 0.1) is 23.0 Å². The predicted molar refractivity (Wildman–Crippen MR) is 109 cm³/mol. The van der Waals surface area contributed by atoms with Gasteiger partial charge in [0.2, 0.25) is 0 Å². The number of anilines is 1. The third-order valence-electron chi connectivity index (χ3n) is 3.37. The predicted octanol–water partition coefficient (Wildman–Crippen LogP) is 5.26. The van der Waals surface area contributed by atoms with Crippen LogP contribution in [-0.2, 0) is 10.0 Å². The lowest BCUT2D eigenvalue weighted by Gasteiger charge is -2.12. The van der Waals surface area contributed by atoms with E-state index in [-0.39, 0.29) is 10.6 Å². The lowest BCUT2D eigenvalue weighted by atomic mass is 10.3. The number of thioether (sulfide) groups is 1. The molecule has 0 spiro atoms. The van der Waals surface area contributed by atoms with Crippen molar-refractivity contribution in [1.82, 2.24) is 4.98 Å². The fourth-order valence-corrected chi connectivity index (χ4v) is 6.10. The van der Waals surface area contributed by atoms with Crippen LogP contribution in [0.4, 0.5) is 5.69 Å². The van der Waals surface area contributed by atoms with Crippen molar-refractivity contribution in [2.75, 3.05) is 11.8 Å². The maximum atomic E-state index is 12.8. The summed E-state index contributed by atoms with van der Waals surface area (Å²) in [7, 11) is -2.42. The molecule has 0 amide bonds. The first-order valence-electron chi connectivity index (χ1n) is 7.72. The standard InChI is InChI=1S/C17H17ClN2O3S3/c1-10(2)24-17-19-13-6-5-12(9-15(13)25-17)20-26(21,22)16-8-11(18)4-7-14(16)23-3/h4-10,20H,1-3H3. The highest BCUT2D eigenvalue weighted by Crippen LogP contribution is 2.34. The minimum Gasteiger partial charge on any atom is -0.495 e. The van der Waals surface area contributed by atoms with Gasteiger partial charge in [-0.15, -0.1) is 11.3 Å². The van der Waals surface area contributed by atoms with E-state index in [2.05, 4.69) is 23.6 Å². The van der Waals surface area contributed by atoms with Crippen molar-refractivity contribution in [3.05, 3.63) is 41.4 Å². The molecule has 2 aromatic carbocycles. The van der Waals surface area contributed by atoms with Gasteiger partial charge in [-0.05, 0) is 36.4 Å². The molecule has 0 unspecified atom stereocenters. The van der Waals surface area contributed by atoms with E-state index in [4.69, 9.17) is 16.3 Å². The molecular formula is C17H17ClN2O3S3. The SMILES string of the molecule is COc1ccc(Cl)cc1S(=O)(=O)Nc1ccc2nc(SC(C)C)sc2c1. The van der Waals surface area contributed by atoms with Gasteiger partial charge < -0.3 is 4.74 Å². The normalized spacial score (nSPS) is 11.9. The minimum absolute atomic E-state index is 0.00652. The molecule has 3 rings (SSSR count). The monoisotopic (exact) mass is 428 g/mol. The molecule has 0 bridgehead atoms. The lowest BCUT2D eigenvalue weighted by molar-refractivity contribution is 0.403. The van der Waals surface area contributed by atoms with Gasteiger partial charge >= 0.3 is 0 Å². The number of rotatable bonds is 6. The second-order valence-corrected chi connectivity index (χ2v) is 10.7. The van der Waals surface area contributed by atoms with Gasteiger partial charge in [0.25, 0.3) is 10.0 Å². The van der Waals surface area contributed by atoms with Crippen LogP contribution in [0.1, 0.15) is 13.8 Å². The molecule has 0 saturated carbocycles. The number of nitrogens with one attached hydrogen (secondary N) is 1. The molecule has 0 saturated heterocycles. The van der Waals surface area contributed by atoms with Gasteiger partial charge in [0.1, 0.15) is 10.6 Å². The van der Waals surface area contributed by atoms with Crippen LogP contribution >= 0.6 is 34.7 Å². The number of hydrogen-bond acceptors (Lipinski definition) is 6. The zero-order valence-electron chi connectivity index (χ0n) is 14.3. The Labute approximate surface area is 165 Å². The lowest BCUT2D eigenvalue weighted by Crippen LogP contribution is -2.14. The average Bonchev–Trinajstić information content (AvgIpc) is 2.95. The largest absolute Gasteiger partial charge is 0.495 e. The number of nitrogens with zero attached hydrogens (tertiary/aromatic N) is 1. The first-order chi connectivity index (χ1) is 12.3. The zero-order chi connectivity index (χ0) is 18.9. The summed E-state index contributed by atoms with van der Waals surface area (Å²) < 4.78 is 35.1. The van der Waals surface area contributed by atoms with Crippen LogP contribution in [0.2, 0.25) is 5.02 Å². The quantitative estimate of drug-likeness (QED) is 0.542. The van der Waals surface area contributed by atoms with Gasteiger partial charge in [0, 0.05) is 10.3 Å². The number of hydrogen-bond donors (Lipinski definition) is 1. The van der Waals surface area contributed by atoms with E-state index in [1.165, 1.54) is 19.2 Å². The Hall–Kier alpha value is -1.48. The van der Waals surface area contributed by atoms with Gasteiger partial charge in [-0.25, -0.2) is 13.4 Å². The van der Waals surface area contributed by atoms with Crippen LogP contribution in [0.5, 0.6) is 5.75 Å². The van der Waals surface area contributed by atoms with Gasteiger partial charge in [-0.1, -0.05) is 37.2 Å². The number of sulfonamides is 1. The Balaban J connectivity index is 1.93. The van der Waals surface area contributed by atoms with Crippen molar-refractivity contribution in [3.63, 3.8) is 0 Å². The Bertz CT molecular complexity index is 1050. The number of fused-ring (bicyclic) bond motifs is 1. The molecule has 0 aliphatic carbocycles. The van der Waals surface area contributed by atoms with Crippen LogP contribution in [0.3, 0.4) is 0 Å². The average molecular weight is 429 g/mol. The smallest absolute Gasteiger partial charge is 0.265 e. The van der Waals surface area contributed by atoms with Crippen LogP contribution < -0.4 is 9.46 Å². The van der Waals surface area contributed by atoms with Crippen molar-refractivity contribution in [2.45, 2.75) is 28.3 Å². The maximum Gasteiger partial charge on any atom is 0.265 e. The molecule has 0 fully saturated rings. The summed E-state index contributed by atoms with van der Waals surface area (Å²) in [5, 5.41) is 0.753. The number of benzene rings is 2. The summed E-state index contributed by atoms with van der Waals surface area (Å²) in [6.45, 7) is 4.21. The van der Waals surface area contributed by atoms with Gasteiger partial charge in [-0.3, -0.25) is 4.72 Å². The first kappa shape index (κ1) is 19.3. The summed E-state index contributed by atoms with van der Waals surface area (Å²) in [5.41, 5.74) is 1.31. The van der Waals surface area contributed by atoms with Crippen LogP contribution in [0, 0.1) is 0 Å². The third-order valence-corrected chi connectivity index (χ3v) is 7.13. The molecule has 0 atom stereocenters. The molecule has 138 valence electrons. The fraction of sp³-hybridized carbons (Fsp3) is 0.235. The first-order valence-corrected chi connectivity index (χ1v) is 11.3. The highest BCUT2D eigenvalue weighted by molar-refractivity contribution is 8.01. The van der Waals surface area contributed by atoms with E-state index in [9.17, 15) is 8.42 Å². The molecule has 1 aromatic heterocycles. The van der Waals surface area contributed by atoms with E-state index in [0.29, 0.717) is 16.0 Å². The van der Waals surface area contributed by atoms with Crippen molar-refractivity contribution < 1.29 is 13.2 Å². The molecule has 1 N–H and O–H groups in total. The van der Waals surface area contributed by atoms with Gasteiger partial charge in [-0.2, -0.15) is 0 Å². The van der Waals surface area contributed by atoms with Crippen molar-refractivity contribution >= 4 is 60.6 Å². The van der Waals surface area contributed by atoms with Crippen LogP contribution in [0.15, 0.2) is 45.6 Å². The Kier molecular flexibility index (Phi) is 5.67. The van der Waals surface area contributed by atoms with Crippen molar-refractivity contribution in [3.8, 4) is 5.75 Å². The summed E-state index contributed by atoms with van der Waals surface area (Å²) in [4.78, 5) is 4.55. The molecule has 3 aromatic rings. The molecular weight excluding hydrogens is 412 g/mol. The van der Waals surface area contributed by atoms with E-state index in [0.717, 1.165) is 14.6 Å². The third kappa shape index (κ3) is 4.25. The van der Waals surface area contributed by atoms with Crippen LogP contribution in [-0.4, -0.2) is 25.8 Å². The van der Waals surface area contributed by atoms with E-state index in [1.807, 2.05) is 6.07 Å². The number of ether oxygens (including phenoxy) is 1. The van der Waals surface area contributed by atoms with Crippen LogP contribution in [0.25, 0.3) is 10.2 Å². The van der Waals surface area contributed by atoms with Crippen molar-refractivity contribution in [1.29, 1.82) is 0 Å². The molecule has 1 heterocycles. The maximum absolute atomic E-state index is 12.8. The van der Waals surface area contributed by atoms with E-state index in [1.54, 1.807) is 41.3 Å². The van der Waals surface area contributed by atoms with E-state index >= 15 is 0 Å². The molecule has 0 aliphatic heterocycles.